The van der Waals surface area contributed by atoms with Gasteiger partial charge in [0.2, 0.25) is 0 Å². The van der Waals surface area contributed by atoms with E-state index in [1.165, 1.54) is 22.6 Å². The van der Waals surface area contributed by atoms with Gasteiger partial charge in [-0.25, -0.2) is 0 Å². The number of likely N-dealkylation sites (N-methyl/N-ethyl adjacent to an activating group) is 1. The van der Waals surface area contributed by atoms with Gasteiger partial charge in [0, 0.05) is 24.5 Å². The van der Waals surface area contributed by atoms with E-state index >= 15 is 0 Å². The summed E-state index contributed by atoms with van der Waals surface area (Å²) in [5, 5.41) is 5.02. The van der Waals surface area contributed by atoms with Crippen LogP contribution in [0.3, 0.4) is 0 Å². The predicted molar refractivity (Wildman–Crippen MR) is 89.7 cm³/mol. The molecule has 4 heteroatoms. The lowest BCUT2D eigenvalue weighted by molar-refractivity contribution is 0.103. The van der Waals surface area contributed by atoms with Crippen LogP contribution in [-0.2, 0) is 12.8 Å². The van der Waals surface area contributed by atoms with Gasteiger partial charge < -0.3 is 10.2 Å². The van der Waals surface area contributed by atoms with Crippen molar-refractivity contribution < 1.29 is 4.79 Å². The predicted octanol–water partition coefficient (Wildman–Crippen LogP) is 3.95. The zero-order valence-corrected chi connectivity index (χ0v) is 13.3. The zero-order valence-electron chi connectivity index (χ0n) is 12.5. The molecule has 110 valence electrons. The number of anilines is 2. The molecule has 0 aliphatic carbocycles. The summed E-state index contributed by atoms with van der Waals surface area (Å²) in [6.07, 6.45) is 1.99. The summed E-state index contributed by atoms with van der Waals surface area (Å²) >= 11 is 1.51. The van der Waals surface area contributed by atoms with Crippen LogP contribution in [0.1, 0.15) is 34.6 Å². The van der Waals surface area contributed by atoms with Gasteiger partial charge in [0.25, 0.3) is 5.91 Å². The number of carbonyl (C=O) groups excluding carboxylic acids is 1. The second-order valence-corrected chi connectivity index (χ2v) is 6.17. The Bertz CT molecular complexity index is 663. The number of hydrogen-bond donors (Lipinski definition) is 1. The second-order valence-electron chi connectivity index (χ2n) is 5.26. The maximum atomic E-state index is 12.4. The summed E-state index contributed by atoms with van der Waals surface area (Å²) in [7, 11) is 0. The van der Waals surface area contributed by atoms with Crippen molar-refractivity contribution in [1.29, 1.82) is 0 Å². The van der Waals surface area contributed by atoms with Crippen LogP contribution in [0.15, 0.2) is 29.6 Å². The Morgan fingerprint density at radius 2 is 2.19 bits per heavy atom. The van der Waals surface area contributed by atoms with Gasteiger partial charge in [-0.15, -0.1) is 11.3 Å². The molecule has 0 unspecified atom stereocenters. The number of amides is 1. The molecule has 0 spiro atoms. The normalized spacial score (nSPS) is 13.3. The van der Waals surface area contributed by atoms with Crippen molar-refractivity contribution in [2.75, 3.05) is 23.3 Å². The van der Waals surface area contributed by atoms with Crippen LogP contribution in [-0.4, -0.2) is 19.0 Å². The Labute approximate surface area is 129 Å². The summed E-state index contributed by atoms with van der Waals surface area (Å²) in [5.41, 5.74) is 4.64. The van der Waals surface area contributed by atoms with Crippen LogP contribution >= 0.6 is 11.3 Å². The van der Waals surface area contributed by atoms with E-state index in [0.29, 0.717) is 0 Å². The standard InChI is InChI=1S/C17H20N2OS/c1-3-12-8-10-21-16(12)17(20)18-14-6-5-13-7-9-19(4-2)15(13)11-14/h5-6,8,10-11H,3-4,7,9H2,1-2H3,(H,18,20). The molecule has 2 heterocycles. The highest BCUT2D eigenvalue weighted by Gasteiger charge is 2.19. The number of benzene rings is 1. The van der Waals surface area contributed by atoms with Crippen molar-refractivity contribution in [2.45, 2.75) is 26.7 Å². The van der Waals surface area contributed by atoms with E-state index in [1.807, 2.05) is 17.5 Å². The molecule has 0 saturated carbocycles. The summed E-state index contributed by atoms with van der Waals surface area (Å²) < 4.78 is 0. The quantitative estimate of drug-likeness (QED) is 0.927. The molecule has 0 saturated heterocycles. The summed E-state index contributed by atoms with van der Waals surface area (Å²) in [6.45, 7) is 6.33. The molecular formula is C17H20N2OS. The van der Waals surface area contributed by atoms with Crippen LogP contribution in [0.4, 0.5) is 11.4 Å². The van der Waals surface area contributed by atoms with Gasteiger partial charge >= 0.3 is 0 Å². The highest BCUT2D eigenvalue weighted by molar-refractivity contribution is 7.12. The molecule has 1 aromatic heterocycles. The molecule has 1 amide bonds. The van der Waals surface area contributed by atoms with Crippen molar-refractivity contribution in [3.05, 3.63) is 45.6 Å². The number of hydrogen-bond acceptors (Lipinski definition) is 3. The fourth-order valence-electron chi connectivity index (χ4n) is 2.85. The molecule has 2 aromatic rings. The summed E-state index contributed by atoms with van der Waals surface area (Å²) in [6, 6.07) is 8.27. The first kappa shape index (κ1) is 14.1. The third-order valence-corrected chi connectivity index (χ3v) is 5.01. The third-order valence-electron chi connectivity index (χ3n) is 4.05. The molecule has 0 bridgehead atoms. The number of thiophene rings is 1. The van der Waals surface area contributed by atoms with Gasteiger partial charge in [-0.3, -0.25) is 4.79 Å². The molecular weight excluding hydrogens is 280 g/mol. The Morgan fingerprint density at radius 3 is 2.95 bits per heavy atom. The van der Waals surface area contributed by atoms with Crippen molar-refractivity contribution in [3.8, 4) is 0 Å². The number of nitrogens with zero attached hydrogens (tertiary/aromatic N) is 1. The Kier molecular flexibility index (Phi) is 3.97. The molecule has 1 aromatic carbocycles. The van der Waals surface area contributed by atoms with Gasteiger partial charge in [0.1, 0.15) is 0 Å². The molecule has 21 heavy (non-hydrogen) atoms. The van der Waals surface area contributed by atoms with Crippen molar-refractivity contribution in [3.63, 3.8) is 0 Å². The number of fused-ring (bicyclic) bond motifs is 1. The monoisotopic (exact) mass is 300 g/mol. The Hall–Kier alpha value is -1.81. The van der Waals surface area contributed by atoms with Crippen molar-refractivity contribution >= 4 is 28.6 Å². The minimum atomic E-state index is 0.00263. The highest BCUT2D eigenvalue weighted by Crippen LogP contribution is 2.31. The highest BCUT2D eigenvalue weighted by atomic mass is 32.1. The topological polar surface area (TPSA) is 32.3 Å². The van der Waals surface area contributed by atoms with E-state index in [-0.39, 0.29) is 5.91 Å². The first-order valence-electron chi connectivity index (χ1n) is 7.48. The van der Waals surface area contributed by atoms with E-state index in [2.05, 4.69) is 36.2 Å². The van der Waals surface area contributed by atoms with Gasteiger partial charge in [-0.2, -0.15) is 0 Å². The number of aryl methyl sites for hydroxylation is 1. The lowest BCUT2D eigenvalue weighted by atomic mass is 10.1. The minimum absolute atomic E-state index is 0.00263. The lowest BCUT2D eigenvalue weighted by Gasteiger charge is -2.17. The molecule has 1 aliphatic heterocycles. The fraction of sp³-hybridized carbons (Fsp3) is 0.353. The second kappa shape index (κ2) is 5.90. The maximum Gasteiger partial charge on any atom is 0.266 e. The number of nitrogens with one attached hydrogen (secondary N) is 1. The molecule has 3 nitrogen and oxygen atoms in total. The molecule has 0 atom stereocenters. The summed E-state index contributed by atoms with van der Waals surface area (Å²) in [5.74, 6) is 0.00263. The van der Waals surface area contributed by atoms with E-state index in [4.69, 9.17) is 0 Å². The Morgan fingerprint density at radius 1 is 1.33 bits per heavy atom. The van der Waals surface area contributed by atoms with E-state index in [1.54, 1.807) is 0 Å². The van der Waals surface area contributed by atoms with E-state index < -0.39 is 0 Å². The van der Waals surface area contributed by atoms with Gasteiger partial charge in [0.15, 0.2) is 0 Å². The summed E-state index contributed by atoms with van der Waals surface area (Å²) in [4.78, 5) is 15.6. The van der Waals surface area contributed by atoms with Gasteiger partial charge in [-0.1, -0.05) is 13.0 Å². The lowest BCUT2D eigenvalue weighted by Crippen LogP contribution is -2.19. The van der Waals surface area contributed by atoms with Crippen LogP contribution in [0.5, 0.6) is 0 Å². The number of carbonyl (C=O) groups is 1. The molecule has 1 aliphatic rings. The SMILES string of the molecule is CCc1ccsc1C(=O)Nc1ccc2c(c1)N(CC)CC2. The first-order valence-corrected chi connectivity index (χ1v) is 8.36. The van der Waals surface area contributed by atoms with E-state index in [9.17, 15) is 4.79 Å². The smallest absolute Gasteiger partial charge is 0.266 e. The molecule has 1 N–H and O–H groups in total. The van der Waals surface area contributed by atoms with Gasteiger partial charge in [0.05, 0.1) is 4.88 Å². The van der Waals surface area contributed by atoms with Crippen LogP contribution in [0, 0.1) is 0 Å². The van der Waals surface area contributed by atoms with Gasteiger partial charge in [-0.05, 0) is 54.5 Å². The molecule has 3 rings (SSSR count). The van der Waals surface area contributed by atoms with E-state index in [0.717, 1.165) is 42.1 Å². The molecule has 0 radical (unpaired) electrons. The van der Waals surface area contributed by atoms with Crippen LogP contribution in [0.25, 0.3) is 0 Å². The Balaban J connectivity index is 1.81. The number of rotatable bonds is 4. The third kappa shape index (κ3) is 2.68. The largest absolute Gasteiger partial charge is 0.371 e. The van der Waals surface area contributed by atoms with Crippen molar-refractivity contribution in [1.82, 2.24) is 0 Å². The van der Waals surface area contributed by atoms with Crippen LogP contribution < -0.4 is 10.2 Å². The zero-order chi connectivity index (χ0) is 14.8. The maximum absolute atomic E-state index is 12.4. The minimum Gasteiger partial charge on any atom is -0.371 e. The average Bonchev–Trinajstić information content (AvgIpc) is 3.13. The van der Waals surface area contributed by atoms with Crippen molar-refractivity contribution in [2.24, 2.45) is 0 Å². The molecule has 0 fully saturated rings. The fourth-order valence-corrected chi connectivity index (χ4v) is 3.74. The van der Waals surface area contributed by atoms with Crippen LogP contribution in [0.2, 0.25) is 0 Å². The average molecular weight is 300 g/mol. The first-order chi connectivity index (χ1) is 10.2.